The Morgan fingerprint density at radius 2 is 0.781 bits per heavy atom. The lowest BCUT2D eigenvalue weighted by Gasteiger charge is -2.25. The number of carboxylic acids is 1. The molecule has 0 aliphatic heterocycles. The van der Waals surface area contributed by atoms with E-state index in [1.807, 2.05) is 21.1 Å². The zero-order valence-corrected chi connectivity index (χ0v) is 47.8. The predicted octanol–water partition coefficient (Wildman–Crippen LogP) is 17.6. The maximum atomic E-state index is 12.9. The van der Waals surface area contributed by atoms with Crippen LogP contribution in [0.25, 0.3) is 0 Å². The van der Waals surface area contributed by atoms with Gasteiger partial charge in [-0.15, -0.1) is 0 Å². The number of hydrogen-bond donors (Lipinski definition) is 1. The van der Waals surface area contributed by atoms with Gasteiger partial charge in [0.05, 0.1) is 34.4 Å². The van der Waals surface area contributed by atoms with Crippen molar-refractivity contribution in [2.45, 2.75) is 257 Å². The molecule has 0 aromatic heterocycles. The molecule has 9 nitrogen and oxygen atoms in total. The molecular weight excluding hydrogens is 911 g/mol. The van der Waals surface area contributed by atoms with Crippen LogP contribution in [0.1, 0.15) is 245 Å². The van der Waals surface area contributed by atoms with Gasteiger partial charge in [0.1, 0.15) is 13.2 Å². The van der Waals surface area contributed by atoms with Gasteiger partial charge < -0.3 is 28.5 Å². The Kier molecular flexibility index (Phi) is 52.1. The van der Waals surface area contributed by atoms with Crippen molar-refractivity contribution < 1.29 is 42.9 Å². The Morgan fingerprint density at radius 1 is 0.425 bits per heavy atom. The average molecular weight is 1020 g/mol. The van der Waals surface area contributed by atoms with Crippen LogP contribution in [0.3, 0.4) is 0 Å². The minimum Gasteiger partial charge on any atom is -0.477 e. The summed E-state index contributed by atoms with van der Waals surface area (Å²) in [5.74, 6) is -2.02. The summed E-state index contributed by atoms with van der Waals surface area (Å²) >= 11 is 0. The van der Waals surface area contributed by atoms with Gasteiger partial charge in [0, 0.05) is 12.8 Å². The first-order valence-electron chi connectivity index (χ1n) is 29.8. The summed E-state index contributed by atoms with van der Waals surface area (Å²) in [7, 11) is 5.96. The molecule has 0 aliphatic carbocycles. The molecule has 0 spiro atoms. The molecule has 0 aromatic rings. The highest BCUT2D eigenvalue weighted by Crippen LogP contribution is 2.16. The fourth-order valence-corrected chi connectivity index (χ4v) is 8.07. The fraction of sp³-hybridized carbons (Fsp3) is 0.734. The van der Waals surface area contributed by atoms with Gasteiger partial charge in [0.15, 0.2) is 6.10 Å². The van der Waals surface area contributed by atoms with Crippen molar-refractivity contribution in [3.8, 4) is 0 Å². The molecule has 0 saturated heterocycles. The summed E-state index contributed by atoms with van der Waals surface area (Å²) in [4.78, 5) is 37.5. The van der Waals surface area contributed by atoms with Crippen LogP contribution in [-0.4, -0.2) is 87.4 Å². The number of nitrogens with zero attached hydrogens (tertiary/aromatic N) is 1. The third-order valence-corrected chi connectivity index (χ3v) is 12.6. The summed E-state index contributed by atoms with van der Waals surface area (Å²) in [6, 6.07) is 0. The van der Waals surface area contributed by atoms with Crippen LogP contribution >= 0.6 is 0 Å². The Morgan fingerprint density at radius 3 is 1.16 bits per heavy atom. The van der Waals surface area contributed by atoms with Gasteiger partial charge >= 0.3 is 17.9 Å². The first-order valence-corrected chi connectivity index (χ1v) is 29.8. The summed E-state index contributed by atoms with van der Waals surface area (Å²) in [5.41, 5.74) is 0. The number of allylic oxidation sites excluding steroid dienone is 14. The largest absolute Gasteiger partial charge is 0.477 e. The molecule has 0 rings (SSSR count). The first kappa shape index (κ1) is 69.5. The topological polar surface area (TPSA) is 108 Å². The van der Waals surface area contributed by atoms with Gasteiger partial charge in [-0.2, -0.15) is 0 Å². The predicted molar refractivity (Wildman–Crippen MR) is 309 cm³/mol. The number of esters is 2. The molecule has 0 saturated carbocycles. The number of hydrogen-bond acceptors (Lipinski definition) is 7. The highest BCUT2D eigenvalue weighted by molar-refractivity contribution is 5.71. The third-order valence-electron chi connectivity index (χ3n) is 12.6. The van der Waals surface area contributed by atoms with Crippen molar-refractivity contribution in [2.75, 3.05) is 47.5 Å². The molecule has 0 amide bonds. The number of likely N-dealkylation sites (N-methyl/N-ethyl adjacent to an activating group) is 1. The zero-order chi connectivity index (χ0) is 53.4. The number of unbranched alkanes of at least 4 members (excludes halogenated alkanes) is 25. The molecule has 0 heterocycles. The SMILES string of the molecule is CC/C=C\C/C=C\C/C=C\C/C=C\C/C=C\CCCCCCCCCCCC(=O)OC(COC(=O)CCCCCCCCCCCCC/C=C\C/C=C\CCCCCCC)COC(OCC[N+](C)(C)C)C(=O)O. The van der Waals surface area contributed by atoms with Crippen LogP contribution in [0.15, 0.2) is 85.1 Å². The summed E-state index contributed by atoms with van der Waals surface area (Å²) < 4.78 is 22.9. The Bertz CT molecular complexity index is 1470. The minimum atomic E-state index is -1.52. The van der Waals surface area contributed by atoms with E-state index in [1.165, 1.54) is 128 Å². The molecular formula is C64H112NO8+. The van der Waals surface area contributed by atoms with Gasteiger partial charge in [-0.25, -0.2) is 4.79 Å². The second kappa shape index (κ2) is 54.7. The highest BCUT2D eigenvalue weighted by atomic mass is 16.7. The summed E-state index contributed by atoms with van der Waals surface area (Å²) in [6.07, 6.45) is 69.4. The van der Waals surface area contributed by atoms with Crippen LogP contribution in [0.5, 0.6) is 0 Å². The van der Waals surface area contributed by atoms with Crippen molar-refractivity contribution in [1.82, 2.24) is 0 Å². The van der Waals surface area contributed by atoms with Crippen molar-refractivity contribution in [3.05, 3.63) is 85.1 Å². The van der Waals surface area contributed by atoms with Gasteiger partial charge in [0.2, 0.25) is 0 Å². The standard InChI is InChI=1S/C64H111NO8/c1-6-8-10-12-14-16-18-20-22-24-26-28-30-31-33-35-37-39-41-43-45-47-49-51-53-55-62(67)73-60(59-72-64(63(68)69)70-57-56-65(3,4)5)58-71-61(66)54-52-50-48-46-44-42-40-38-36-34-32-29-27-25-23-21-19-17-15-13-11-9-7-2/h8,10,14,16,19-22,25-28,31,33,60,64H,6-7,9,11-13,15,17-18,23-24,29-30,32,34-59H2,1-5H3/p+1/b10-8-,16-14-,21-19-,22-20-,27-25-,28-26-,33-31-. The van der Waals surface area contributed by atoms with Crippen molar-refractivity contribution >= 4 is 17.9 Å². The molecule has 420 valence electrons. The van der Waals surface area contributed by atoms with Crippen LogP contribution < -0.4 is 0 Å². The first-order chi connectivity index (χ1) is 35.6. The lowest BCUT2D eigenvalue weighted by Crippen LogP contribution is -2.40. The van der Waals surface area contributed by atoms with Crippen LogP contribution in [0.2, 0.25) is 0 Å². The van der Waals surface area contributed by atoms with Crippen LogP contribution in [0, 0.1) is 0 Å². The second-order valence-electron chi connectivity index (χ2n) is 20.9. The number of carboxylic acid groups (broad SMARTS) is 1. The number of aliphatic carboxylic acids is 1. The van der Waals surface area contributed by atoms with Gasteiger partial charge in [-0.05, 0) is 89.9 Å². The van der Waals surface area contributed by atoms with E-state index < -0.39 is 24.3 Å². The Labute approximate surface area is 449 Å². The van der Waals surface area contributed by atoms with E-state index in [1.54, 1.807) is 0 Å². The fourth-order valence-electron chi connectivity index (χ4n) is 8.07. The van der Waals surface area contributed by atoms with E-state index in [4.69, 9.17) is 18.9 Å². The maximum absolute atomic E-state index is 12.9. The van der Waals surface area contributed by atoms with Gasteiger partial charge in [0.25, 0.3) is 6.29 Å². The van der Waals surface area contributed by atoms with Crippen molar-refractivity contribution in [1.29, 1.82) is 0 Å². The molecule has 2 unspecified atom stereocenters. The molecule has 0 fully saturated rings. The van der Waals surface area contributed by atoms with E-state index in [0.717, 1.165) is 83.5 Å². The lowest BCUT2D eigenvalue weighted by atomic mass is 10.0. The molecule has 0 aliphatic rings. The second-order valence-corrected chi connectivity index (χ2v) is 20.9. The van der Waals surface area contributed by atoms with E-state index >= 15 is 0 Å². The van der Waals surface area contributed by atoms with E-state index in [2.05, 4.69) is 98.9 Å². The highest BCUT2D eigenvalue weighted by Gasteiger charge is 2.25. The number of carbonyl (C=O) groups is 3. The molecule has 9 heteroatoms. The third kappa shape index (κ3) is 56.0. The quantitative estimate of drug-likeness (QED) is 0.0211. The Balaban J connectivity index is 4.26. The molecule has 0 aromatic carbocycles. The normalized spacial score (nSPS) is 13.4. The van der Waals surface area contributed by atoms with E-state index in [9.17, 15) is 19.5 Å². The summed E-state index contributed by atoms with van der Waals surface area (Å²) in [6.45, 7) is 4.75. The van der Waals surface area contributed by atoms with Crippen LogP contribution in [-0.2, 0) is 33.3 Å². The average Bonchev–Trinajstić information content (AvgIpc) is 3.36. The number of quaternary nitrogens is 1. The summed E-state index contributed by atoms with van der Waals surface area (Å²) in [5, 5.41) is 9.71. The minimum absolute atomic E-state index is 0.183. The Hall–Kier alpha value is -3.53. The molecule has 73 heavy (non-hydrogen) atoms. The molecule has 0 radical (unpaired) electrons. The number of ether oxygens (including phenoxy) is 4. The number of carbonyl (C=O) groups excluding carboxylic acids is 2. The van der Waals surface area contributed by atoms with Crippen LogP contribution in [0.4, 0.5) is 0 Å². The molecule has 2 atom stereocenters. The van der Waals surface area contributed by atoms with Crippen molar-refractivity contribution in [2.24, 2.45) is 0 Å². The molecule has 0 bridgehead atoms. The van der Waals surface area contributed by atoms with Gasteiger partial charge in [-0.3, -0.25) is 9.59 Å². The molecule has 1 N–H and O–H groups in total. The zero-order valence-electron chi connectivity index (χ0n) is 47.8. The van der Waals surface area contributed by atoms with Crippen molar-refractivity contribution in [3.63, 3.8) is 0 Å². The maximum Gasteiger partial charge on any atom is 0.361 e. The smallest absolute Gasteiger partial charge is 0.361 e. The lowest BCUT2D eigenvalue weighted by molar-refractivity contribution is -0.870. The van der Waals surface area contributed by atoms with E-state index in [-0.39, 0.29) is 32.2 Å². The number of rotatable bonds is 54. The monoisotopic (exact) mass is 1020 g/mol. The van der Waals surface area contributed by atoms with E-state index in [0.29, 0.717) is 23.9 Å². The van der Waals surface area contributed by atoms with Gasteiger partial charge in [-0.1, -0.05) is 227 Å².